The Hall–Kier alpha value is -2.36. The van der Waals surface area contributed by atoms with Crippen LogP contribution in [0, 0.1) is 6.92 Å². The Bertz CT molecular complexity index is 597. The molecule has 1 heterocycles. The number of amides is 1. The van der Waals surface area contributed by atoms with Gasteiger partial charge in [-0.05, 0) is 43.7 Å². The number of hydrogen-bond acceptors (Lipinski definition) is 3. The number of aromatic nitrogens is 1. The van der Waals surface area contributed by atoms with Crippen LogP contribution in [0.2, 0.25) is 0 Å². The summed E-state index contributed by atoms with van der Waals surface area (Å²) >= 11 is 0. The zero-order valence-electron chi connectivity index (χ0n) is 11.7. The fourth-order valence-corrected chi connectivity index (χ4v) is 2.01. The molecule has 1 aromatic carbocycles. The van der Waals surface area contributed by atoms with Crippen molar-refractivity contribution in [1.29, 1.82) is 0 Å². The molecule has 0 saturated heterocycles. The fraction of sp³-hybridized carbons (Fsp3) is 0.250. The van der Waals surface area contributed by atoms with Crippen molar-refractivity contribution in [2.24, 2.45) is 0 Å². The predicted octanol–water partition coefficient (Wildman–Crippen LogP) is 2.76. The van der Waals surface area contributed by atoms with Crippen molar-refractivity contribution in [3.63, 3.8) is 0 Å². The molecule has 0 fully saturated rings. The number of carbonyl (C=O) groups is 1. The van der Waals surface area contributed by atoms with E-state index < -0.39 is 0 Å². The van der Waals surface area contributed by atoms with E-state index in [1.807, 2.05) is 38.1 Å². The molecule has 104 valence electrons. The second-order valence-corrected chi connectivity index (χ2v) is 4.66. The van der Waals surface area contributed by atoms with Crippen molar-refractivity contribution in [2.75, 3.05) is 6.54 Å². The van der Waals surface area contributed by atoms with Crippen LogP contribution >= 0.6 is 0 Å². The van der Waals surface area contributed by atoms with Gasteiger partial charge in [0.2, 0.25) is 0 Å². The minimum absolute atomic E-state index is 0.0227. The zero-order chi connectivity index (χ0) is 14.5. The number of rotatable bonds is 4. The van der Waals surface area contributed by atoms with Crippen LogP contribution in [0.4, 0.5) is 0 Å². The summed E-state index contributed by atoms with van der Waals surface area (Å²) < 4.78 is 0. The summed E-state index contributed by atoms with van der Waals surface area (Å²) in [5, 5.41) is 9.91. The van der Waals surface area contributed by atoms with Crippen LogP contribution in [0.25, 0.3) is 0 Å². The quantitative estimate of drug-likeness (QED) is 0.929. The van der Waals surface area contributed by atoms with Crippen LogP contribution in [0.3, 0.4) is 0 Å². The summed E-state index contributed by atoms with van der Waals surface area (Å²) in [4.78, 5) is 18.3. The molecule has 20 heavy (non-hydrogen) atoms. The van der Waals surface area contributed by atoms with Gasteiger partial charge in [-0.1, -0.05) is 12.1 Å². The SMILES string of the molecule is CCN(Cc1ccccn1)C(=O)c1ccc(C)cc1O. The first-order valence-corrected chi connectivity index (χ1v) is 6.60. The Balaban J connectivity index is 2.21. The Kier molecular flexibility index (Phi) is 4.35. The third-order valence-electron chi connectivity index (χ3n) is 3.13. The van der Waals surface area contributed by atoms with Gasteiger partial charge in [0.15, 0.2) is 0 Å². The molecular formula is C16H18N2O2. The number of benzene rings is 1. The molecule has 0 spiro atoms. The third kappa shape index (κ3) is 3.15. The highest BCUT2D eigenvalue weighted by Gasteiger charge is 2.18. The van der Waals surface area contributed by atoms with E-state index in [1.54, 1.807) is 23.2 Å². The topological polar surface area (TPSA) is 53.4 Å². The number of phenols is 1. The average Bonchev–Trinajstić information content (AvgIpc) is 2.45. The van der Waals surface area contributed by atoms with E-state index in [1.165, 1.54) is 0 Å². The summed E-state index contributed by atoms with van der Waals surface area (Å²) in [5.41, 5.74) is 2.08. The molecular weight excluding hydrogens is 252 g/mol. The molecule has 0 aliphatic heterocycles. The van der Waals surface area contributed by atoms with E-state index in [-0.39, 0.29) is 11.7 Å². The lowest BCUT2D eigenvalue weighted by molar-refractivity contribution is 0.0747. The van der Waals surface area contributed by atoms with Crippen molar-refractivity contribution in [2.45, 2.75) is 20.4 Å². The highest BCUT2D eigenvalue weighted by molar-refractivity contribution is 5.96. The number of hydrogen-bond donors (Lipinski definition) is 1. The average molecular weight is 270 g/mol. The number of aromatic hydroxyl groups is 1. The van der Waals surface area contributed by atoms with Gasteiger partial charge in [-0.15, -0.1) is 0 Å². The van der Waals surface area contributed by atoms with Gasteiger partial charge in [-0.2, -0.15) is 0 Å². The van der Waals surface area contributed by atoms with Gasteiger partial charge in [0.05, 0.1) is 17.8 Å². The van der Waals surface area contributed by atoms with E-state index in [0.29, 0.717) is 18.7 Å². The molecule has 2 rings (SSSR count). The first-order valence-electron chi connectivity index (χ1n) is 6.60. The maximum atomic E-state index is 12.5. The molecule has 0 atom stereocenters. The molecule has 0 radical (unpaired) electrons. The van der Waals surface area contributed by atoms with Crippen LogP contribution in [-0.2, 0) is 6.54 Å². The van der Waals surface area contributed by atoms with E-state index in [0.717, 1.165) is 11.3 Å². The largest absolute Gasteiger partial charge is 0.507 e. The number of nitrogens with zero attached hydrogens (tertiary/aromatic N) is 2. The summed E-state index contributed by atoms with van der Waals surface area (Å²) in [5.74, 6) is -0.162. The van der Waals surface area contributed by atoms with E-state index >= 15 is 0 Å². The summed E-state index contributed by atoms with van der Waals surface area (Å²) in [6.07, 6.45) is 1.71. The molecule has 0 saturated carbocycles. The molecule has 4 nitrogen and oxygen atoms in total. The zero-order valence-corrected chi connectivity index (χ0v) is 11.7. The van der Waals surface area contributed by atoms with Crippen molar-refractivity contribution in [3.8, 4) is 5.75 Å². The van der Waals surface area contributed by atoms with Gasteiger partial charge in [0.25, 0.3) is 5.91 Å². The van der Waals surface area contributed by atoms with Gasteiger partial charge in [0, 0.05) is 12.7 Å². The van der Waals surface area contributed by atoms with Gasteiger partial charge in [-0.25, -0.2) is 0 Å². The number of phenolic OH excluding ortho intramolecular Hbond substituents is 1. The maximum absolute atomic E-state index is 12.5. The molecule has 1 N–H and O–H groups in total. The monoisotopic (exact) mass is 270 g/mol. The summed E-state index contributed by atoms with van der Waals surface area (Å²) in [7, 11) is 0. The Labute approximate surface area is 118 Å². The minimum Gasteiger partial charge on any atom is -0.507 e. The molecule has 4 heteroatoms. The lowest BCUT2D eigenvalue weighted by atomic mass is 10.1. The van der Waals surface area contributed by atoms with E-state index in [9.17, 15) is 9.90 Å². The molecule has 0 unspecified atom stereocenters. The Morgan fingerprint density at radius 3 is 2.70 bits per heavy atom. The summed E-state index contributed by atoms with van der Waals surface area (Å²) in [6, 6.07) is 10.7. The standard InChI is InChI=1S/C16H18N2O2/c1-3-18(11-13-6-4-5-9-17-13)16(20)14-8-7-12(2)10-15(14)19/h4-10,19H,3,11H2,1-2H3. The van der Waals surface area contributed by atoms with Crippen molar-refractivity contribution < 1.29 is 9.90 Å². The minimum atomic E-state index is -0.185. The Morgan fingerprint density at radius 2 is 2.10 bits per heavy atom. The Morgan fingerprint density at radius 1 is 1.30 bits per heavy atom. The van der Waals surface area contributed by atoms with Crippen LogP contribution in [-0.4, -0.2) is 27.4 Å². The molecule has 0 bridgehead atoms. The van der Waals surface area contributed by atoms with Crippen molar-refractivity contribution in [1.82, 2.24) is 9.88 Å². The predicted molar refractivity (Wildman–Crippen MR) is 77.5 cm³/mol. The second kappa shape index (κ2) is 6.19. The van der Waals surface area contributed by atoms with Crippen LogP contribution in [0.15, 0.2) is 42.6 Å². The summed E-state index contributed by atoms with van der Waals surface area (Å²) in [6.45, 7) is 4.78. The second-order valence-electron chi connectivity index (χ2n) is 4.66. The molecule has 0 aliphatic carbocycles. The van der Waals surface area contributed by atoms with Gasteiger partial charge in [-0.3, -0.25) is 9.78 Å². The highest BCUT2D eigenvalue weighted by atomic mass is 16.3. The maximum Gasteiger partial charge on any atom is 0.257 e. The van der Waals surface area contributed by atoms with Crippen LogP contribution in [0.5, 0.6) is 5.75 Å². The highest BCUT2D eigenvalue weighted by Crippen LogP contribution is 2.20. The van der Waals surface area contributed by atoms with E-state index in [2.05, 4.69) is 4.98 Å². The van der Waals surface area contributed by atoms with E-state index in [4.69, 9.17) is 0 Å². The molecule has 1 amide bonds. The smallest absolute Gasteiger partial charge is 0.257 e. The normalized spacial score (nSPS) is 10.3. The van der Waals surface area contributed by atoms with Gasteiger partial charge in [0.1, 0.15) is 5.75 Å². The number of carbonyl (C=O) groups excluding carboxylic acids is 1. The first-order chi connectivity index (χ1) is 9.61. The molecule has 1 aromatic heterocycles. The molecule has 0 aliphatic rings. The third-order valence-corrected chi connectivity index (χ3v) is 3.13. The van der Waals surface area contributed by atoms with Crippen molar-refractivity contribution >= 4 is 5.91 Å². The first kappa shape index (κ1) is 14.1. The van der Waals surface area contributed by atoms with Crippen LogP contribution < -0.4 is 0 Å². The lowest BCUT2D eigenvalue weighted by Crippen LogP contribution is -2.30. The number of aryl methyl sites for hydroxylation is 1. The lowest BCUT2D eigenvalue weighted by Gasteiger charge is -2.21. The number of pyridine rings is 1. The van der Waals surface area contributed by atoms with Crippen molar-refractivity contribution in [3.05, 3.63) is 59.4 Å². The van der Waals surface area contributed by atoms with Gasteiger partial charge < -0.3 is 10.0 Å². The molecule has 2 aromatic rings. The van der Waals surface area contributed by atoms with Gasteiger partial charge >= 0.3 is 0 Å². The van der Waals surface area contributed by atoms with Crippen LogP contribution in [0.1, 0.15) is 28.5 Å². The fourth-order valence-electron chi connectivity index (χ4n) is 2.01.